The first kappa shape index (κ1) is 25.8. The summed E-state index contributed by atoms with van der Waals surface area (Å²) >= 11 is 1.88. The van der Waals surface area contributed by atoms with E-state index < -0.39 is 0 Å². The molecular weight excluding hydrogens is 515 g/mol. The summed E-state index contributed by atoms with van der Waals surface area (Å²) in [6.07, 6.45) is 2.09. The van der Waals surface area contributed by atoms with Gasteiger partial charge in [-0.05, 0) is 31.9 Å². The van der Waals surface area contributed by atoms with Crippen molar-refractivity contribution in [3.05, 3.63) is 21.9 Å². The molecule has 2 fully saturated rings. The Hall–Kier alpha value is -0.460. The Morgan fingerprint density at radius 1 is 1.27 bits per heavy atom. The molecule has 0 radical (unpaired) electrons. The standard InChI is InChI=1S/C21H36N4O3S.HI/c1-17-4-5-20(29-17)19(25-8-12-26-13-9-25)14-24-21(22-2)23-7-3-10-27-15-18-6-11-28-16-18;/h4-5,18-19H,3,6-16H2,1-2H3,(H2,22,23,24);1H. The normalized spacial score (nSPS) is 21.3. The fraction of sp³-hybridized carbons (Fsp3) is 0.762. The monoisotopic (exact) mass is 552 g/mol. The molecule has 1 aromatic rings. The van der Waals surface area contributed by atoms with Crippen molar-refractivity contribution in [3.63, 3.8) is 0 Å². The van der Waals surface area contributed by atoms with Gasteiger partial charge in [0.1, 0.15) is 0 Å². The number of aliphatic imine (C=N–C) groups is 1. The Morgan fingerprint density at radius 2 is 2.10 bits per heavy atom. The average Bonchev–Trinajstić information content (AvgIpc) is 3.42. The van der Waals surface area contributed by atoms with E-state index >= 15 is 0 Å². The Balaban J connectivity index is 0.00000320. The highest BCUT2D eigenvalue weighted by Crippen LogP contribution is 2.27. The lowest BCUT2D eigenvalue weighted by Gasteiger charge is -2.34. The molecule has 9 heteroatoms. The fourth-order valence-electron chi connectivity index (χ4n) is 3.69. The minimum Gasteiger partial charge on any atom is -0.381 e. The van der Waals surface area contributed by atoms with Crippen LogP contribution in [0, 0.1) is 12.8 Å². The molecule has 2 N–H and O–H groups in total. The van der Waals surface area contributed by atoms with Crippen molar-refractivity contribution in [2.24, 2.45) is 10.9 Å². The van der Waals surface area contributed by atoms with Gasteiger partial charge in [-0.3, -0.25) is 9.89 Å². The van der Waals surface area contributed by atoms with Gasteiger partial charge in [0, 0.05) is 62.1 Å². The maximum Gasteiger partial charge on any atom is 0.191 e. The zero-order valence-corrected chi connectivity index (χ0v) is 21.4. The molecule has 2 atom stereocenters. The van der Waals surface area contributed by atoms with Crippen LogP contribution in [0.15, 0.2) is 17.1 Å². The molecule has 0 aliphatic carbocycles. The second-order valence-electron chi connectivity index (χ2n) is 7.65. The SMILES string of the molecule is CN=C(NCCCOCC1CCOC1)NCC(c1ccc(C)s1)N1CCOCC1.I. The van der Waals surface area contributed by atoms with Gasteiger partial charge in [0.2, 0.25) is 0 Å². The summed E-state index contributed by atoms with van der Waals surface area (Å²) in [4.78, 5) is 9.64. The van der Waals surface area contributed by atoms with Crippen LogP contribution < -0.4 is 10.6 Å². The van der Waals surface area contributed by atoms with Crippen molar-refractivity contribution in [2.45, 2.75) is 25.8 Å². The predicted octanol–water partition coefficient (Wildman–Crippen LogP) is 2.66. The molecule has 2 aliphatic heterocycles. The molecule has 1 aromatic heterocycles. The molecule has 2 saturated heterocycles. The van der Waals surface area contributed by atoms with Crippen molar-refractivity contribution < 1.29 is 14.2 Å². The smallest absolute Gasteiger partial charge is 0.191 e. The topological polar surface area (TPSA) is 67.4 Å². The third-order valence-corrected chi connectivity index (χ3v) is 6.50. The summed E-state index contributed by atoms with van der Waals surface area (Å²) in [5, 5.41) is 6.92. The Morgan fingerprint density at radius 3 is 2.77 bits per heavy atom. The van der Waals surface area contributed by atoms with E-state index in [1.807, 2.05) is 18.4 Å². The maximum absolute atomic E-state index is 5.77. The Labute approximate surface area is 202 Å². The molecular formula is C21H37IN4O3S. The van der Waals surface area contributed by atoms with Gasteiger partial charge in [0.25, 0.3) is 0 Å². The van der Waals surface area contributed by atoms with Crippen LogP contribution in [0.25, 0.3) is 0 Å². The summed E-state index contributed by atoms with van der Waals surface area (Å²) in [5.74, 6) is 1.43. The summed E-state index contributed by atoms with van der Waals surface area (Å²) < 4.78 is 16.7. The number of rotatable bonds is 10. The molecule has 2 aliphatic rings. The van der Waals surface area contributed by atoms with E-state index in [0.717, 1.165) is 84.6 Å². The Bertz CT molecular complexity index is 619. The lowest BCUT2D eigenvalue weighted by molar-refractivity contribution is 0.0177. The highest BCUT2D eigenvalue weighted by atomic mass is 127. The van der Waals surface area contributed by atoms with Crippen molar-refractivity contribution in [3.8, 4) is 0 Å². The second kappa shape index (κ2) is 14.6. The van der Waals surface area contributed by atoms with Crippen LogP contribution in [0.2, 0.25) is 0 Å². The van der Waals surface area contributed by atoms with E-state index in [1.165, 1.54) is 9.75 Å². The summed E-state index contributed by atoms with van der Waals surface area (Å²) in [6, 6.07) is 4.80. The van der Waals surface area contributed by atoms with E-state index in [-0.39, 0.29) is 24.0 Å². The minimum absolute atomic E-state index is 0. The number of nitrogens with zero attached hydrogens (tertiary/aromatic N) is 2. The van der Waals surface area contributed by atoms with E-state index in [1.54, 1.807) is 0 Å². The average molecular weight is 553 g/mol. The van der Waals surface area contributed by atoms with Gasteiger partial charge < -0.3 is 24.8 Å². The number of nitrogens with one attached hydrogen (secondary N) is 2. The first-order chi connectivity index (χ1) is 14.3. The lowest BCUT2D eigenvalue weighted by atomic mass is 10.1. The van der Waals surface area contributed by atoms with Gasteiger partial charge in [0.05, 0.1) is 32.5 Å². The van der Waals surface area contributed by atoms with E-state index in [4.69, 9.17) is 14.2 Å². The van der Waals surface area contributed by atoms with Crippen LogP contribution in [0.4, 0.5) is 0 Å². The third kappa shape index (κ3) is 8.58. The molecule has 3 rings (SSSR count). The number of aryl methyl sites for hydroxylation is 1. The van der Waals surface area contributed by atoms with Crippen molar-refractivity contribution in [1.82, 2.24) is 15.5 Å². The molecule has 2 unspecified atom stereocenters. The quantitative estimate of drug-likeness (QED) is 0.202. The van der Waals surface area contributed by atoms with Crippen molar-refractivity contribution >= 4 is 41.3 Å². The molecule has 3 heterocycles. The van der Waals surface area contributed by atoms with Gasteiger partial charge in [0.15, 0.2) is 5.96 Å². The molecule has 0 saturated carbocycles. The van der Waals surface area contributed by atoms with E-state index in [2.05, 4.69) is 39.6 Å². The number of morpholine rings is 1. The lowest BCUT2D eigenvalue weighted by Crippen LogP contribution is -2.46. The highest BCUT2D eigenvalue weighted by molar-refractivity contribution is 14.0. The van der Waals surface area contributed by atoms with E-state index in [9.17, 15) is 0 Å². The van der Waals surface area contributed by atoms with E-state index in [0.29, 0.717) is 12.0 Å². The van der Waals surface area contributed by atoms with Gasteiger partial charge in [-0.15, -0.1) is 35.3 Å². The first-order valence-corrected chi connectivity index (χ1v) is 11.6. The number of hydrogen-bond donors (Lipinski definition) is 2. The third-order valence-electron chi connectivity index (χ3n) is 5.40. The van der Waals surface area contributed by atoms with Crippen molar-refractivity contribution in [2.75, 3.05) is 72.9 Å². The zero-order chi connectivity index (χ0) is 20.3. The fourth-order valence-corrected chi connectivity index (χ4v) is 4.70. The molecule has 7 nitrogen and oxygen atoms in total. The molecule has 172 valence electrons. The summed E-state index contributed by atoms with van der Waals surface area (Å²) in [7, 11) is 1.82. The Kier molecular flexibility index (Phi) is 12.5. The number of thiophene rings is 1. The van der Waals surface area contributed by atoms with Crippen LogP contribution in [0.1, 0.15) is 28.6 Å². The largest absolute Gasteiger partial charge is 0.381 e. The number of halogens is 1. The van der Waals surface area contributed by atoms with Gasteiger partial charge in [-0.1, -0.05) is 0 Å². The van der Waals surface area contributed by atoms with Crippen LogP contribution >= 0.6 is 35.3 Å². The number of ether oxygens (including phenoxy) is 3. The van der Waals surface area contributed by atoms with Gasteiger partial charge in [-0.2, -0.15) is 0 Å². The van der Waals surface area contributed by atoms with Crippen LogP contribution in [0.3, 0.4) is 0 Å². The summed E-state index contributed by atoms with van der Waals surface area (Å²) in [5.41, 5.74) is 0. The van der Waals surface area contributed by atoms with Crippen LogP contribution in [-0.4, -0.2) is 83.7 Å². The molecule has 0 spiro atoms. The number of hydrogen-bond acceptors (Lipinski definition) is 6. The predicted molar refractivity (Wildman–Crippen MR) is 133 cm³/mol. The zero-order valence-electron chi connectivity index (χ0n) is 18.2. The maximum atomic E-state index is 5.77. The summed E-state index contributed by atoms with van der Waals surface area (Å²) in [6.45, 7) is 10.7. The van der Waals surface area contributed by atoms with Gasteiger partial charge >= 0.3 is 0 Å². The van der Waals surface area contributed by atoms with Crippen LogP contribution in [-0.2, 0) is 14.2 Å². The van der Waals surface area contributed by atoms with Gasteiger partial charge in [-0.25, -0.2) is 0 Å². The van der Waals surface area contributed by atoms with Crippen molar-refractivity contribution in [1.29, 1.82) is 0 Å². The highest BCUT2D eigenvalue weighted by Gasteiger charge is 2.24. The molecule has 0 amide bonds. The molecule has 0 bridgehead atoms. The van der Waals surface area contributed by atoms with Crippen LogP contribution in [0.5, 0.6) is 0 Å². The number of guanidine groups is 1. The second-order valence-corrected chi connectivity index (χ2v) is 8.97. The first-order valence-electron chi connectivity index (χ1n) is 10.7. The molecule has 0 aromatic carbocycles. The minimum atomic E-state index is 0. The molecule has 30 heavy (non-hydrogen) atoms.